The summed E-state index contributed by atoms with van der Waals surface area (Å²) in [6.45, 7) is 2.00. The van der Waals surface area contributed by atoms with Gasteiger partial charge in [-0.3, -0.25) is 0 Å². The second kappa shape index (κ2) is 3.34. The van der Waals surface area contributed by atoms with Gasteiger partial charge in [-0.2, -0.15) is 4.98 Å². The van der Waals surface area contributed by atoms with E-state index in [4.69, 9.17) is 0 Å². The third-order valence-corrected chi connectivity index (χ3v) is 1.79. The molecule has 0 aliphatic heterocycles. The van der Waals surface area contributed by atoms with Gasteiger partial charge in [0, 0.05) is 21.1 Å². The van der Waals surface area contributed by atoms with E-state index >= 15 is 0 Å². The average molecular weight is 169 g/mol. The highest BCUT2D eigenvalue weighted by Crippen LogP contribution is 2.16. The maximum absolute atomic E-state index is 4.30. The summed E-state index contributed by atoms with van der Waals surface area (Å²) in [5, 5.41) is 6.00. The molecule has 0 unspecified atom stereocenters. The molecule has 0 bridgehead atoms. The fourth-order valence-corrected chi connectivity index (χ4v) is 1.18. The molecule has 68 valence electrons. The Labute approximate surface area is 72.1 Å². The molecule has 0 spiro atoms. The Bertz CT molecular complexity index is 265. The van der Waals surface area contributed by atoms with Gasteiger partial charge in [0.25, 0.3) is 0 Å². The minimum Gasteiger partial charge on any atom is -0.372 e. The number of nitrogens with one attached hydrogen (secondary N) is 3. The predicted octanol–water partition coefficient (Wildman–Crippen LogP) is 0.448. The number of hydrogen-bond acceptors (Lipinski definition) is 4. The summed E-state index contributed by atoms with van der Waals surface area (Å²) in [4.78, 5) is 4.30. The standard InChI is InChI=1S/C7H15N5/c1-5-6(8-2)11-7(9-3)12(5)10-4/h8,10H,1-4H3,(H,9,11). The Morgan fingerprint density at radius 2 is 1.83 bits per heavy atom. The van der Waals surface area contributed by atoms with Crippen molar-refractivity contribution in [2.45, 2.75) is 6.92 Å². The van der Waals surface area contributed by atoms with E-state index in [2.05, 4.69) is 21.0 Å². The van der Waals surface area contributed by atoms with Gasteiger partial charge in [-0.15, -0.1) is 0 Å². The first-order chi connectivity index (χ1) is 5.74. The molecule has 0 aromatic carbocycles. The van der Waals surface area contributed by atoms with Crippen molar-refractivity contribution in [1.29, 1.82) is 0 Å². The van der Waals surface area contributed by atoms with Gasteiger partial charge in [0.1, 0.15) is 0 Å². The zero-order valence-electron chi connectivity index (χ0n) is 7.89. The molecule has 5 heteroatoms. The van der Waals surface area contributed by atoms with Crippen molar-refractivity contribution in [3.8, 4) is 0 Å². The SMILES string of the molecule is CNc1nc(NC)n(NC)c1C. The lowest BCUT2D eigenvalue weighted by atomic mass is 10.5. The van der Waals surface area contributed by atoms with Gasteiger partial charge in [-0.25, -0.2) is 4.68 Å². The summed E-state index contributed by atoms with van der Waals surface area (Å²) in [5.74, 6) is 1.69. The zero-order chi connectivity index (χ0) is 9.14. The van der Waals surface area contributed by atoms with Crippen LogP contribution in [0.4, 0.5) is 11.8 Å². The summed E-state index contributed by atoms with van der Waals surface area (Å²) in [6.07, 6.45) is 0. The summed E-state index contributed by atoms with van der Waals surface area (Å²) in [5.41, 5.74) is 4.08. The highest BCUT2D eigenvalue weighted by atomic mass is 15.5. The summed E-state index contributed by atoms with van der Waals surface area (Å²) >= 11 is 0. The van der Waals surface area contributed by atoms with Gasteiger partial charge in [-0.05, 0) is 6.92 Å². The molecule has 1 aromatic heterocycles. The Hall–Kier alpha value is -1.39. The number of imidazole rings is 1. The van der Waals surface area contributed by atoms with Crippen molar-refractivity contribution >= 4 is 11.8 Å². The smallest absolute Gasteiger partial charge is 0.223 e. The van der Waals surface area contributed by atoms with E-state index in [0.29, 0.717) is 0 Å². The molecule has 0 aliphatic carbocycles. The highest BCUT2D eigenvalue weighted by Gasteiger charge is 2.09. The van der Waals surface area contributed by atoms with Crippen LogP contribution in [0.15, 0.2) is 0 Å². The van der Waals surface area contributed by atoms with Gasteiger partial charge < -0.3 is 16.1 Å². The molecule has 1 rings (SSSR count). The molecule has 0 radical (unpaired) electrons. The summed E-state index contributed by atoms with van der Waals surface area (Å²) < 4.78 is 1.88. The molecule has 1 heterocycles. The first kappa shape index (κ1) is 8.70. The first-order valence-electron chi connectivity index (χ1n) is 3.87. The van der Waals surface area contributed by atoms with Crippen molar-refractivity contribution in [3.05, 3.63) is 5.69 Å². The van der Waals surface area contributed by atoms with Gasteiger partial charge in [0.15, 0.2) is 5.82 Å². The van der Waals surface area contributed by atoms with Crippen molar-refractivity contribution in [2.75, 3.05) is 37.2 Å². The number of nitrogens with zero attached hydrogens (tertiary/aromatic N) is 2. The molecule has 0 amide bonds. The van der Waals surface area contributed by atoms with E-state index in [9.17, 15) is 0 Å². The van der Waals surface area contributed by atoms with E-state index in [1.807, 2.05) is 32.7 Å². The number of hydrogen-bond donors (Lipinski definition) is 3. The molecule has 1 aromatic rings. The van der Waals surface area contributed by atoms with Crippen molar-refractivity contribution in [2.24, 2.45) is 0 Å². The minimum atomic E-state index is 0.805. The maximum Gasteiger partial charge on any atom is 0.223 e. The van der Waals surface area contributed by atoms with Gasteiger partial charge >= 0.3 is 0 Å². The Morgan fingerprint density at radius 1 is 1.17 bits per heavy atom. The third-order valence-electron chi connectivity index (χ3n) is 1.79. The summed E-state index contributed by atoms with van der Waals surface area (Å²) in [7, 11) is 5.55. The predicted molar refractivity (Wildman–Crippen MR) is 51.3 cm³/mol. The van der Waals surface area contributed by atoms with Crippen LogP contribution < -0.4 is 16.1 Å². The molecule has 3 N–H and O–H groups in total. The van der Waals surface area contributed by atoms with E-state index < -0.39 is 0 Å². The van der Waals surface area contributed by atoms with E-state index in [1.54, 1.807) is 0 Å². The molecular formula is C7H15N5. The highest BCUT2D eigenvalue weighted by molar-refractivity contribution is 5.48. The lowest BCUT2D eigenvalue weighted by Gasteiger charge is -2.06. The molecule has 0 fully saturated rings. The van der Waals surface area contributed by atoms with E-state index in [1.165, 1.54) is 0 Å². The molecule has 0 aliphatic rings. The Kier molecular flexibility index (Phi) is 2.42. The quantitative estimate of drug-likeness (QED) is 0.615. The van der Waals surface area contributed by atoms with Crippen LogP contribution in [0, 0.1) is 6.92 Å². The molecular weight excluding hydrogens is 154 g/mol. The summed E-state index contributed by atoms with van der Waals surface area (Å²) in [6, 6.07) is 0. The fraction of sp³-hybridized carbons (Fsp3) is 0.571. The van der Waals surface area contributed by atoms with Crippen molar-refractivity contribution in [3.63, 3.8) is 0 Å². The number of anilines is 2. The lowest BCUT2D eigenvalue weighted by Crippen LogP contribution is -2.13. The maximum atomic E-state index is 4.30. The second-order valence-corrected chi connectivity index (χ2v) is 2.43. The van der Waals surface area contributed by atoms with Crippen LogP contribution in [-0.4, -0.2) is 30.8 Å². The molecule has 0 saturated carbocycles. The Morgan fingerprint density at radius 3 is 2.17 bits per heavy atom. The van der Waals surface area contributed by atoms with Crippen LogP contribution >= 0.6 is 0 Å². The molecule has 5 nitrogen and oxygen atoms in total. The van der Waals surface area contributed by atoms with Gasteiger partial charge in [-0.1, -0.05) is 0 Å². The van der Waals surface area contributed by atoms with Crippen LogP contribution in [-0.2, 0) is 0 Å². The van der Waals surface area contributed by atoms with E-state index in [0.717, 1.165) is 17.5 Å². The third kappa shape index (κ3) is 1.17. The number of aromatic nitrogens is 2. The van der Waals surface area contributed by atoms with Crippen LogP contribution in [0.25, 0.3) is 0 Å². The van der Waals surface area contributed by atoms with Gasteiger partial charge in [0.05, 0.1) is 5.69 Å². The lowest BCUT2D eigenvalue weighted by molar-refractivity contribution is 0.892. The van der Waals surface area contributed by atoms with E-state index in [-0.39, 0.29) is 0 Å². The zero-order valence-corrected chi connectivity index (χ0v) is 7.89. The van der Waals surface area contributed by atoms with Crippen LogP contribution in [0.2, 0.25) is 0 Å². The molecule has 12 heavy (non-hydrogen) atoms. The molecule has 0 saturated heterocycles. The number of rotatable bonds is 3. The average Bonchev–Trinajstić information content (AvgIpc) is 2.41. The normalized spacial score (nSPS) is 9.67. The topological polar surface area (TPSA) is 53.9 Å². The monoisotopic (exact) mass is 169 g/mol. The van der Waals surface area contributed by atoms with Crippen molar-refractivity contribution in [1.82, 2.24) is 9.66 Å². The second-order valence-electron chi connectivity index (χ2n) is 2.43. The van der Waals surface area contributed by atoms with Crippen molar-refractivity contribution < 1.29 is 0 Å². The van der Waals surface area contributed by atoms with Crippen LogP contribution in [0.1, 0.15) is 5.69 Å². The largest absolute Gasteiger partial charge is 0.372 e. The van der Waals surface area contributed by atoms with Crippen LogP contribution in [0.5, 0.6) is 0 Å². The first-order valence-corrected chi connectivity index (χ1v) is 3.87. The minimum absolute atomic E-state index is 0.805. The van der Waals surface area contributed by atoms with Gasteiger partial charge in [0.2, 0.25) is 5.95 Å². The fourth-order valence-electron chi connectivity index (χ4n) is 1.18. The molecule has 0 atom stereocenters. The van der Waals surface area contributed by atoms with Crippen LogP contribution in [0.3, 0.4) is 0 Å². The Balaban J connectivity index is 3.13.